The first-order valence-electron chi connectivity index (χ1n) is 23.0. The summed E-state index contributed by atoms with van der Waals surface area (Å²) in [5.41, 5.74) is 18.4. The van der Waals surface area contributed by atoms with Gasteiger partial charge in [0.05, 0.1) is 15.5 Å². The molecule has 0 saturated carbocycles. The van der Waals surface area contributed by atoms with Gasteiger partial charge in [0, 0.05) is 49.8 Å². The highest BCUT2D eigenvalue weighted by Gasteiger charge is 2.72. The molecule has 0 N–H and O–H groups in total. The summed E-state index contributed by atoms with van der Waals surface area (Å²) in [4.78, 5) is 2.58. The third-order valence-electron chi connectivity index (χ3n) is 16.6. The van der Waals surface area contributed by atoms with E-state index >= 15 is 0 Å². The van der Waals surface area contributed by atoms with E-state index < -0.39 is 13.5 Å². The van der Waals surface area contributed by atoms with Crippen LogP contribution in [0.15, 0.2) is 206 Å². The van der Waals surface area contributed by atoms with Crippen molar-refractivity contribution in [1.29, 1.82) is 0 Å². The molecule has 1 unspecified atom stereocenters. The van der Waals surface area contributed by atoms with Crippen molar-refractivity contribution in [2.75, 3.05) is 4.90 Å². The number of benzene rings is 8. The Morgan fingerprint density at radius 3 is 1.91 bits per heavy atom. The van der Waals surface area contributed by atoms with E-state index in [9.17, 15) is 0 Å². The Hall–Kier alpha value is -8.36. The van der Waals surface area contributed by atoms with Gasteiger partial charge < -0.3 is 4.74 Å². The Kier molecular flexibility index (Phi) is 5.33. The molecule has 6 aliphatic heterocycles. The molecule has 1 atom stereocenters. The molecule has 6 nitrogen and oxygen atoms in total. The highest BCUT2D eigenvalue weighted by atomic mass is 28.3. The smallest absolute Gasteiger partial charge is 0.350 e. The van der Waals surface area contributed by atoms with Crippen LogP contribution in [-0.4, -0.2) is 12.6 Å². The molecule has 7 heteroatoms. The third kappa shape index (κ3) is 3.10. The molecule has 0 fully saturated rings. The largest absolute Gasteiger partial charge is 0.412 e. The summed E-state index contributed by atoms with van der Waals surface area (Å²) in [5, 5.41) is 8.23. The van der Waals surface area contributed by atoms with Crippen LogP contribution in [0, 0.1) is 0 Å². The molecular formula is C59H34N5OSi+3. The second-order valence-electron chi connectivity index (χ2n) is 18.9. The topological polar surface area (TPSA) is 25.2 Å². The van der Waals surface area contributed by atoms with Gasteiger partial charge in [0.15, 0.2) is 14.3 Å². The summed E-state index contributed by atoms with van der Waals surface area (Å²) in [7, 11) is -2.92. The van der Waals surface area contributed by atoms with E-state index in [1.165, 1.54) is 110 Å². The quantitative estimate of drug-likeness (QED) is 0.0864. The molecule has 9 heterocycles. The SMILES string of the molecule is c1ccc2c(c1)-c1ccccc1C21c2ccc3c4c2-n2c5c1cccc5c1ccc[n+](c12)[N+]41c2cccc4c2N(c2ccccc2[Si]42c4ccccc4-c4ccccc42)c2cccc([n+]21)O3. The van der Waals surface area contributed by atoms with Crippen molar-refractivity contribution in [2.45, 2.75) is 5.41 Å². The lowest BCUT2D eigenvalue weighted by Gasteiger charge is -2.46. The van der Waals surface area contributed by atoms with Crippen molar-refractivity contribution in [3.63, 3.8) is 0 Å². The number of nitrogens with zero attached hydrogens (tertiary/aromatic N) is 5. The van der Waals surface area contributed by atoms with Crippen molar-refractivity contribution in [3.8, 4) is 39.6 Å². The zero-order valence-electron chi connectivity index (χ0n) is 35.3. The van der Waals surface area contributed by atoms with Gasteiger partial charge in [-0.05, 0) is 90.9 Å². The van der Waals surface area contributed by atoms with Crippen LogP contribution in [0.1, 0.15) is 22.3 Å². The molecule has 0 radical (unpaired) electrons. The van der Waals surface area contributed by atoms with Gasteiger partial charge in [0.1, 0.15) is 11.2 Å². The van der Waals surface area contributed by atoms with Gasteiger partial charge in [-0.25, -0.2) is 0 Å². The summed E-state index contributed by atoms with van der Waals surface area (Å²) in [6.07, 6.45) is 2.33. The number of ether oxygens (including phenoxy) is 1. The average molecular weight is 857 g/mol. The van der Waals surface area contributed by atoms with Gasteiger partial charge in [-0.2, -0.15) is 9.47 Å². The molecule has 7 aliphatic rings. The van der Waals surface area contributed by atoms with Gasteiger partial charge in [0.2, 0.25) is 17.1 Å². The zero-order chi connectivity index (χ0) is 42.4. The lowest BCUT2D eigenvalue weighted by atomic mass is 9.65. The average Bonchev–Trinajstić information content (AvgIpc) is 3.99. The van der Waals surface area contributed by atoms with Gasteiger partial charge in [-0.3, -0.25) is 0 Å². The van der Waals surface area contributed by atoms with E-state index in [-0.39, 0.29) is 4.70 Å². The maximum Gasteiger partial charge on any atom is 0.350 e. The minimum Gasteiger partial charge on any atom is -0.412 e. The number of quaternary nitrogens is 1. The highest BCUT2D eigenvalue weighted by Crippen LogP contribution is 2.66. The molecule has 302 valence electrons. The second kappa shape index (κ2) is 10.6. The Labute approximate surface area is 379 Å². The number of anilines is 3. The van der Waals surface area contributed by atoms with Gasteiger partial charge in [-0.1, -0.05) is 140 Å². The first-order chi connectivity index (χ1) is 32.8. The number of rotatable bonds is 0. The molecule has 3 spiro atoms. The van der Waals surface area contributed by atoms with Crippen molar-refractivity contribution < 1.29 is 14.1 Å². The van der Waals surface area contributed by atoms with Gasteiger partial charge >= 0.3 is 23.0 Å². The molecule has 0 amide bonds. The van der Waals surface area contributed by atoms with Crippen LogP contribution in [0.25, 0.3) is 49.9 Å². The standard InChI is InChI=1S/C59H34N5OSi/c1-5-21-41-35(15-1)36-16-2-6-22-42(36)59(41)43-23-11-19-39-40-20-14-34-60-58(40)62(54(39)43)55-44(59)32-33-47-57(55)64(60)46-25-12-29-51-56(46)61(52-30-13-31-53(65-47)63(52)64)45-24-7-10-28-50(45)66(51)48-26-8-3-17-37(48)38-18-4-9-27-49(38)66/h1-34H/q+3. The fourth-order valence-corrected chi connectivity index (χ4v) is 20.2. The second-order valence-corrected chi connectivity index (χ2v) is 22.5. The maximum absolute atomic E-state index is 7.36. The third-order valence-corrected chi connectivity index (χ3v) is 21.5. The molecule has 1 aliphatic carbocycles. The Morgan fingerprint density at radius 1 is 0.485 bits per heavy atom. The summed E-state index contributed by atoms with van der Waals surface area (Å²) in [6.45, 7) is 0. The van der Waals surface area contributed by atoms with Gasteiger partial charge in [0.25, 0.3) is 5.69 Å². The first kappa shape index (κ1) is 33.2. The van der Waals surface area contributed by atoms with Crippen molar-refractivity contribution in [3.05, 3.63) is 229 Å². The summed E-state index contributed by atoms with van der Waals surface area (Å²) in [6, 6.07) is 76.4. The first-order valence-corrected chi connectivity index (χ1v) is 25.0. The highest BCUT2D eigenvalue weighted by molar-refractivity contribution is 7.23. The summed E-state index contributed by atoms with van der Waals surface area (Å²) in [5.74, 6) is 2.71. The van der Waals surface area contributed by atoms with Gasteiger partial charge in [-0.15, -0.1) is 0 Å². The van der Waals surface area contributed by atoms with Crippen molar-refractivity contribution in [1.82, 2.24) is 9.27 Å². The number of para-hydroxylation sites is 3. The van der Waals surface area contributed by atoms with Crippen LogP contribution >= 0.6 is 0 Å². The molecule has 11 aromatic rings. The van der Waals surface area contributed by atoms with Crippen LogP contribution in [0.2, 0.25) is 0 Å². The predicted octanol–water partition coefficient (Wildman–Crippen LogP) is 9.47. The number of pyridine rings is 2. The minimum absolute atomic E-state index is 0.266. The number of fused-ring (bicyclic) bond motifs is 18. The Bertz CT molecular complexity index is 4120. The van der Waals surface area contributed by atoms with Crippen molar-refractivity contribution >= 4 is 79.3 Å². The maximum atomic E-state index is 7.36. The zero-order valence-corrected chi connectivity index (χ0v) is 36.3. The summed E-state index contributed by atoms with van der Waals surface area (Å²) >= 11 is 0. The van der Waals surface area contributed by atoms with E-state index in [0.29, 0.717) is 0 Å². The van der Waals surface area contributed by atoms with E-state index in [2.05, 4.69) is 225 Å². The van der Waals surface area contributed by atoms with E-state index in [1.807, 2.05) is 0 Å². The Balaban J connectivity index is 1.08. The van der Waals surface area contributed by atoms with Crippen LogP contribution < -0.4 is 44.4 Å². The number of hydrogen-bond donors (Lipinski definition) is 0. The van der Waals surface area contributed by atoms with Crippen LogP contribution in [0.3, 0.4) is 0 Å². The van der Waals surface area contributed by atoms with Crippen LogP contribution in [-0.2, 0) is 5.41 Å². The molecule has 0 bridgehead atoms. The lowest BCUT2D eigenvalue weighted by Crippen LogP contribution is -2.88. The van der Waals surface area contributed by atoms with Crippen LogP contribution in [0.4, 0.5) is 28.6 Å². The molecule has 0 saturated heterocycles. The van der Waals surface area contributed by atoms with E-state index in [0.717, 1.165) is 23.1 Å². The number of hydrogen-bond acceptors (Lipinski definition) is 2. The fraction of sp³-hybridized carbons (Fsp3) is 0.0169. The van der Waals surface area contributed by atoms with Crippen LogP contribution in [0.5, 0.6) is 11.6 Å². The molecule has 18 rings (SSSR count). The normalized spacial score (nSPS) is 18.1. The monoisotopic (exact) mass is 856 g/mol. The van der Waals surface area contributed by atoms with E-state index in [4.69, 9.17) is 4.74 Å². The molecule has 66 heavy (non-hydrogen) atoms. The Morgan fingerprint density at radius 2 is 1.12 bits per heavy atom. The summed E-state index contributed by atoms with van der Waals surface area (Å²) < 4.78 is 15.3. The lowest BCUT2D eigenvalue weighted by molar-refractivity contribution is -1.03. The molecular weight excluding hydrogens is 823 g/mol. The molecule has 3 aromatic heterocycles. The predicted molar refractivity (Wildman–Crippen MR) is 262 cm³/mol. The van der Waals surface area contributed by atoms with Crippen molar-refractivity contribution in [2.24, 2.45) is 0 Å². The molecule has 8 aromatic carbocycles. The fourth-order valence-electron chi connectivity index (χ4n) is 14.6. The number of aromatic nitrogens is 3. The minimum atomic E-state index is -2.92. The van der Waals surface area contributed by atoms with E-state index in [1.54, 1.807) is 0 Å².